The van der Waals surface area contributed by atoms with E-state index in [-0.39, 0.29) is 92.0 Å². The molecule has 4 aromatic rings. The Morgan fingerprint density at radius 2 is 0.533 bits per heavy atom. The maximum absolute atomic E-state index is 12.5. The molecule has 7 aliphatic carbocycles. The van der Waals surface area contributed by atoms with Crippen molar-refractivity contribution < 1.29 is 90.5 Å². The zero-order chi connectivity index (χ0) is 96.8. The summed E-state index contributed by atoms with van der Waals surface area (Å²) in [6.07, 6.45) is 59.5. The monoisotopic (exact) mass is 1870 g/mol. The summed E-state index contributed by atoms with van der Waals surface area (Å²) in [7, 11) is 0. The second-order valence-corrected chi connectivity index (χ2v) is 38.8. The number of rotatable bonds is 54. The standard InChI is InChI=1S/C28H34O5.C23H38O4.C22H30O5.C22H38O2.C21H30O3/c1-3-5-21-6-8-22(9-7-21)23-10-16-27(17-11-23)33-28(30)24-12-14-26(15-13-24)32-19-18-31-20-25(29)4-2;1-3-6-18-10-14-22(15-11-18)27-23(25)20-12-8-19(9-13-20)7-5-16-26-17-21(24)4-2;1-3-5-17-6-10-21(11-7-17)27-22(24)18-8-12-20(13-9-18)26-15-14-25-16-19(23)4-2;1-3-6-18-8-12-20(13-9-18)21-14-10-19(11-15-21)7-5-16-24-17-22(23)4-2;1-3-5-17-6-8-18(9-7-17)19-10-12-21(13-11-19)24-15-14-23-16-20(22)4-2/h4,10-17,21-22H,2-3,5-9,18-20H2,1H3;4,18-20,22H,2-3,5-17H2,1H3;4,8-9,12-13,17,21H,2-3,5-7,10-11,14-16H2,1H3;4,18-21H,2-3,5-17H2,1H3;4,10-13,17-18H,2-3,5-9,14-16H2,1H3. The Bertz CT molecular complexity index is 3980. The molecule has 0 spiro atoms. The molecule has 0 saturated heterocycles. The summed E-state index contributed by atoms with van der Waals surface area (Å²) in [5, 5.41) is 0. The highest BCUT2D eigenvalue weighted by molar-refractivity contribution is 5.93. The molecule has 0 N–H and O–H groups in total. The molecule has 135 heavy (non-hydrogen) atoms. The molecule has 0 bridgehead atoms. The average Bonchev–Trinajstić information content (AvgIpc) is 0.855. The van der Waals surface area contributed by atoms with Crippen LogP contribution in [0.15, 0.2) is 160 Å². The number of carbonyl (C=O) groups excluding carboxylic acids is 8. The van der Waals surface area contributed by atoms with Crippen molar-refractivity contribution in [3.8, 4) is 23.0 Å². The van der Waals surface area contributed by atoms with Crippen LogP contribution < -0.4 is 18.9 Å². The number of ether oxygens (including phenoxy) is 11. The highest BCUT2D eigenvalue weighted by atomic mass is 16.6. The number of ketones is 5. The first kappa shape index (κ1) is 114. The topological polar surface area (TPSA) is 238 Å². The lowest BCUT2D eigenvalue weighted by molar-refractivity contribution is -0.157. The fourth-order valence-corrected chi connectivity index (χ4v) is 20.7. The minimum absolute atomic E-state index is 0.00129. The molecule has 11 rings (SSSR count). The van der Waals surface area contributed by atoms with Crippen LogP contribution in [0.25, 0.3) is 0 Å². The third-order valence-corrected chi connectivity index (χ3v) is 28.7. The van der Waals surface area contributed by atoms with Gasteiger partial charge in [0.1, 0.15) is 88.1 Å². The normalized spacial score (nSPS) is 23.1. The molecule has 0 heterocycles. The predicted molar refractivity (Wildman–Crippen MR) is 539 cm³/mol. The number of esters is 3. The van der Waals surface area contributed by atoms with Crippen molar-refractivity contribution in [3.05, 3.63) is 183 Å². The molecule has 0 aliphatic heterocycles. The molecule has 7 saturated carbocycles. The van der Waals surface area contributed by atoms with Gasteiger partial charge in [0, 0.05) is 13.2 Å². The Morgan fingerprint density at radius 1 is 0.274 bits per heavy atom. The Labute approximate surface area is 811 Å². The van der Waals surface area contributed by atoms with Crippen LogP contribution in [0.2, 0.25) is 0 Å². The molecule has 19 nitrogen and oxygen atoms in total. The number of hydrogen-bond acceptors (Lipinski definition) is 19. The van der Waals surface area contributed by atoms with Gasteiger partial charge >= 0.3 is 17.9 Å². The minimum Gasteiger partial charge on any atom is -0.491 e. The fraction of sp³-hybridized carbons (Fsp3) is 0.638. The molecule has 7 aliphatic rings. The zero-order valence-electron chi connectivity index (χ0n) is 83.4. The van der Waals surface area contributed by atoms with E-state index >= 15 is 0 Å². The van der Waals surface area contributed by atoms with Crippen molar-refractivity contribution in [1.29, 1.82) is 0 Å². The van der Waals surface area contributed by atoms with Gasteiger partial charge in [0.2, 0.25) is 0 Å². The highest BCUT2D eigenvalue weighted by Crippen LogP contribution is 2.45. The van der Waals surface area contributed by atoms with Crippen molar-refractivity contribution in [2.75, 3.05) is 85.9 Å². The van der Waals surface area contributed by atoms with E-state index in [1.165, 1.54) is 228 Å². The first-order valence-electron chi connectivity index (χ1n) is 52.3. The maximum atomic E-state index is 12.5. The average molecular weight is 1870 g/mol. The van der Waals surface area contributed by atoms with Crippen LogP contribution in [0.3, 0.4) is 0 Å². The highest BCUT2D eigenvalue weighted by Gasteiger charge is 2.34. The van der Waals surface area contributed by atoms with E-state index in [1.807, 2.05) is 24.3 Å². The number of carbonyl (C=O) groups is 8. The number of hydrogen-bond donors (Lipinski definition) is 0. The van der Waals surface area contributed by atoms with Crippen LogP contribution in [-0.2, 0) is 61.9 Å². The van der Waals surface area contributed by atoms with Gasteiger partial charge in [-0.1, -0.05) is 182 Å². The van der Waals surface area contributed by atoms with Gasteiger partial charge in [-0.15, -0.1) is 0 Å². The molecule has 748 valence electrons. The summed E-state index contributed by atoms with van der Waals surface area (Å²) in [4.78, 5) is 92.5. The van der Waals surface area contributed by atoms with Crippen LogP contribution >= 0.6 is 0 Å². The quantitative estimate of drug-likeness (QED) is 0.0173. The first-order chi connectivity index (χ1) is 65.8. The summed E-state index contributed by atoms with van der Waals surface area (Å²) in [6.45, 7) is 32.3. The van der Waals surface area contributed by atoms with Gasteiger partial charge in [-0.3, -0.25) is 28.8 Å². The van der Waals surface area contributed by atoms with Crippen molar-refractivity contribution in [2.24, 2.45) is 59.2 Å². The van der Waals surface area contributed by atoms with Crippen molar-refractivity contribution in [2.45, 2.75) is 328 Å². The lowest BCUT2D eigenvalue weighted by atomic mass is 9.68. The van der Waals surface area contributed by atoms with Crippen molar-refractivity contribution in [3.63, 3.8) is 0 Å². The van der Waals surface area contributed by atoms with Gasteiger partial charge in [0.15, 0.2) is 28.9 Å². The van der Waals surface area contributed by atoms with Crippen LogP contribution in [0, 0.1) is 59.2 Å². The Balaban J connectivity index is 0.000000231. The van der Waals surface area contributed by atoms with Crippen LogP contribution in [0.1, 0.15) is 348 Å². The lowest BCUT2D eigenvalue weighted by Crippen LogP contribution is -2.30. The Morgan fingerprint density at radius 3 is 0.844 bits per heavy atom. The minimum atomic E-state index is -0.402. The molecule has 0 unspecified atom stereocenters. The van der Waals surface area contributed by atoms with Gasteiger partial charge in [0.25, 0.3) is 0 Å². The van der Waals surface area contributed by atoms with E-state index in [2.05, 4.69) is 91.8 Å². The summed E-state index contributed by atoms with van der Waals surface area (Å²) in [5.41, 5.74) is 3.76. The Kier molecular flexibility index (Phi) is 57.6. The molecular weight excluding hydrogens is 1700 g/mol. The first-order valence-corrected chi connectivity index (χ1v) is 52.3. The SMILES string of the molecule is C=CC(=O)COCCCC1CCC(C(=O)OC2CCC(CCC)CC2)CC1.C=CC(=O)COCCCC1CCC(C2CCC(CCC)CC2)CC1.C=CC(=O)COCCOc1ccc(C(=O)OC2CCC(CCC)CC2)cc1.C=CC(=O)COCCOc1ccc(C(=O)Oc2ccc(C3CCC(CCC)CC3)cc2)cc1.C=CC(=O)COCCOc1ccc(C2CCC(CCC)CC2)cc1. The second kappa shape index (κ2) is 68.5. The van der Waals surface area contributed by atoms with Crippen LogP contribution in [-0.4, -0.2) is 145 Å². The predicted octanol–water partition coefficient (Wildman–Crippen LogP) is 26.6. The number of benzene rings is 4. The van der Waals surface area contributed by atoms with Gasteiger partial charge in [-0.25, -0.2) is 9.59 Å². The molecule has 0 radical (unpaired) electrons. The molecule has 19 heteroatoms. The third-order valence-electron chi connectivity index (χ3n) is 28.7. The molecule has 4 aromatic carbocycles. The van der Waals surface area contributed by atoms with Crippen LogP contribution in [0.4, 0.5) is 0 Å². The van der Waals surface area contributed by atoms with Gasteiger partial charge in [-0.05, 0) is 359 Å². The molecule has 0 amide bonds. The van der Waals surface area contributed by atoms with E-state index in [1.54, 1.807) is 48.5 Å². The van der Waals surface area contributed by atoms with E-state index in [9.17, 15) is 38.4 Å². The maximum Gasteiger partial charge on any atom is 0.343 e. The third kappa shape index (κ3) is 46.7. The summed E-state index contributed by atoms with van der Waals surface area (Å²) in [6, 6.07) is 30.1. The van der Waals surface area contributed by atoms with E-state index in [4.69, 9.17) is 52.1 Å². The summed E-state index contributed by atoms with van der Waals surface area (Å²) >= 11 is 0. The largest absolute Gasteiger partial charge is 0.491 e. The van der Waals surface area contributed by atoms with Crippen molar-refractivity contribution in [1.82, 2.24) is 0 Å². The zero-order valence-corrected chi connectivity index (χ0v) is 83.4. The molecule has 0 atom stereocenters. The molecular formula is C116H170O19. The Hall–Kier alpha value is -8.46. The molecule has 0 aromatic heterocycles. The van der Waals surface area contributed by atoms with E-state index in [0.717, 1.165) is 143 Å². The summed E-state index contributed by atoms with van der Waals surface area (Å²) in [5.74, 6) is 11.1. The molecule has 7 fully saturated rings. The van der Waals surface area contributed by atoms with E-state index < -0.39 is 5.97 Å². The van der Waals surface area contributed by atoms with Crippen LogP contribution in [0.5, 0.6) is 23.0 Å². The lowest BCUT2D eigenvalue weighted by Gasteiger charge is -2.38. The van der Waals surface area contributed by atoms with Gasteiger partial charge in [0.05, 0.1) is 36.9 Å². The second-order valence-electron chi connectivity index (χ2n) is 38.8. The fourth-order valence-electron chi connectivity index (χ4n) is 20.7. The smallest absolute Gasteiger partial charge is 0.343 e. The van der Waals surface area contributed by atoms with Gasteiger partial charge < -0.3 is 52.1 Å². The van der Waals surface area contributed by atoms with Gasteiger partial charge in [-0.2, -0.15) is 0 Å². The van der Waals surface area contributed by atoms with E-state index in [0.29, 0.717) is 92.4 Å². The van der Waals surface area contributed by atoms with Crippen molar-refractivity contribution >= 4 is 46.8 Å². The summed E-state index contributed by atoms with van der Waals surface area (Å²) < 4.78 is 60.1.